The molecule has 0 amide bonds. The molecule has 0 spiro atoms. The Morgan fingerprint density at radius 1 is 1.37 bits per heavy atom. The molecule has 0 saturated carbocycles. The van der Waals surface area contributed by atoms with Gasteiger partial charge in [-0.05, 0) is 25.6 Å². The number of alkyl halides is 3. The van der Waals surface area contributed by atoms with E-state index in [-0.39, 0.29) is 23.8 Å². The number of halogens is 3. The van der Waals surface area contributed by atoms with E-state index in [1.54, 1.807) is 6.92 Å². The minimum absolute atomic E-state index is 0.0513. The van der Waals surface area contributed by atoms with Crippen LogP contribution in [-0.2, 0) is 0 Å². The van der Waals surface area contributed by atoms with Gasteiger partial charge in [0.05, 0.1) is 5.56 Å². The van der Waals surface area contributed by atoms with E-state index in [9.17, 15) is 18.0 Å². The second kappa shape index (κ2) is 6.56. The summed E-state index contributed by atoms with van der Waals surface area (Å²) < 4.78 is 40.5. The third-order valence-corrected chi connectivity index (χ3v) is 2.46. The Labute approximate surface area is 109 Å². The van der Waals surface area contributed by atoms with Crippen LogP contribution in [0.1, 0.15) is 30.6 Å². The van der Waals surface area contributed by atoms with Gasteiger partial charge >= 0.3 is 6.36 Å². The highest BCUT2D eigenvalue weighted by molar-refractivity contribution is 5.99. The molecule has 106 valence electrons. The van der Waals surface area contributed by atoms with Crippen molar-refractivity contribution in [2.24, 2.45) is 0 Å². The Bertz CT molecular complexity index is 432. The van der Waals surface area contributed by atoms with Crippen molar-refractivity contribution in [3.8, 4) is 5.75 Å². The topological polar surface area (TPSA) is 38.3 Å². The Hall–Kier alpha value is -1.56. The maximum atomic E-state index is 12.2. The molecule has 1 aromatic carbocycles. The zero-order chi connectivity index (χ0) is 14.5. The first-order valence-corrected chi connectivity index (χ1v) is 5.95. The summed E-state index contributed by atoms with van der Waals surface area (Å²) >= 11 is 0. The number of benzene rings is 1. The molecule has 0 heterocycles. The first kappa shape index (κ1) is 15.5. The molecule has 0 aromatic heterocycles. The zero-order valence-electron chi connectivity index (χ0n) is 10.8. The van der Waals surface area contributed by atoms with Crippen LogP contribution in [0.5, 0.6) is 5.75 Å². The van der Waals surface area contributed by atoms with Crippen LogP contribution in [0.2, 0.25) is 0 Å². The van der Waals surface area contributed by atoms with Crippen LogP contribution < -0.4 is 10.1 Å². The Balaban J connectivity index is 2.85. The highest BCUT2D eigenvalue weighted by Gasteiger charge is 2.32. The van der Waals surface area contributed by atoms with Gasteiger partial charge in [-0.25, -0.2) is 0 Å². The second-order valence-corrected chi connectivity index (χ2v) is 4.13. The number of ketones is 1. The van der Waals surface area contributed by atoms with Crippen molar-refractivity contribution >= 4 is 5.78 Å². The van der Waals surface area contributed by atoms with E-state index in [1.165, 1.54) is 18.2 Å². The van der Waals surface area contributed by atoms with Crippen LogP contribution in [0, 0.1) is 0 Å². The number of Topliss-reactive ketones (excluding diaryl/α,β-unsaturated/α-hetero) is 1. The van der Waals surface area contributed by atoms with Crippen LogP contribution in [0.4, 0.5) is 13.2 Å². The molecule has 0 bridgehead atoms. The van der Waals surface area contributed by atoms with E-state index in [2.05, 4.69) is 10.1 Å². The molecule has 1 rings (SSSR count). The largest absolute Gasteiger partial charge is 0.573 e. The SMILES string of the molecule is CCNC(C)CC(=O)c1ccccc1OC(F)(F)F. The number of hydrogen-bond acceptors (Lipinski definition) is 3. The van der Waals surface area contributed by atoms with E-state index in [0.29, 0.717) is 6.54 Å². The quantitative estimate of drug-likeness (QED) is 0.810. The molecule has 19 heavy (non-hydrogen) atoms. The summed E-state index contributed by atoms with van der Waals surface area (Å²) in [4.78, 5) is 11.9. The van der Waals surface area contributed by atoms with Gasteiger partial charge < -0.3 is 10.1 Å². The van der Waals surface area contributed by atoms with E-state index in [4.69, 9.17) is 0 Å². The fourth-order valence-electron chi connectivity index (χ4n) is 1.72. The van der Waals surface area contributed by atoms with Gasteiger partial charge in [0.1, 0.15) is 5.75 Å². The summed E-state index contributed by atoms with van der Waals surface area (Å²) in [5, 5.41) is 3.03. The molecular weight excluding hydrogens is 259 g/mol. The van der Waals surface area contributed by atoms with Gasteiger partial charge in [0.25, 0.3) is 0 Å². The average molecular weight is 275 g/mol. The lowest BCUT2D eigenvalue weighted by molar-refractivity contribution is -0.274. The fourth-order valence-corrected chi connectivity index (χ4v) is 1.72. The van der Waals surface area contributed by atoms with Crippen molar-refractivity contribution in [1.29, 1.82) is 0 Å². The predicted octanol–water partition coefficient (Wildman–Crippen LogP) is 3.16. The molecule has 6 heteroatoms. The van der Waals surface area contributed by atoms with E-state index in [1.807, 2.05) is 6.92 Å². The summed E-state index contributed by atoms with van der Waals surface area (Å²) in [5.41, 5.74) is -0.0513. The molecule has 0 aliphatic heterocycles. The van der Waals surface area contributed by atoms with Crippen molar-refractivity contribution in [2.45, 2.75) is 32.7 Å². The number of hydrogen-bond donors (Lipinski definition) is 1. The summed E-state index contributed by atoms with van der Waals surface area (Å²) in [7, 11) is 0. The number of carbonyl (C=O) groups is 1. The highest BCUT2D eigenvalue weighted by atomic mass is 19.4. The van der Waals surface area contributed by atoms with E-state index < -0.39 is 12.1 Å². The van der Waals surface area contributed by atoms with Crippen LogP contribution >= 0.6 is 0 Å². The molecular formula is C13H16F3NO2. The van der Waals surface area contributed by atoms with Crippen molar-refractivity contribution in [2.75, 3.05) is 6.54 Å². The van der Waals surface area contributed by atoms with Crippen LogP contribution in [0.25, 0.3) is 0 Å². The lowest BCUT2D eigenvalue weighted by Gasteiger charge is -2.14. The smallest absolute Gasteiger partial charge is 0.405 e. The van der Waals surface area contributed by atoms with Gasteiger partial charge in [-0.3, -0.25) is 4.79 Å². The second-order valence-electron chi connectivity index (χ2n) is 4.13. The van der Waals surface area contributed by atoms with Crippen LogP contribution in [-0.4, -0.2) is 24.7 Å². The van der Waals surface area contributed by atoms with Gasteiger partial charge in [-0.2, -0.15) is 0 Å². The summed E-state index contributed by atoms with van der Waals surface area (Å²) in [6, 6.07) is 5.28. The Morgan fingerprint density at radius 3 is 2.58 bits per heavy atom. The predicted molar refractivity (Wildman–Crippen MR) is 65.2 cm³/mol. The van der Waals surface area contributed by atoms with E-state index >= 15 is 0 Å². The Kier molecular flexibility index (Phi) is 5.35. The number of para-hydroxylation sites is 1. The summed E-state index contributed by atoms with van der Waals surface area (Å²) in [6.45, 7) is 4.38. The number of ether oxygens (including phenoxy) is 1. The van der Waals surface area contributed by atoms with Gasteiger partial charge in [0.15, 0.2) is 5.78 Å². The molecule has 0 radical (unpaired) electrons. The normalized spacial score (nSPS) is 13.1. The average Bonchev–Trinajstić information content (AvgIpc) is 2.27. The number of rotatable bonds is 6. The molecule has 1 atom stereocenters. The van der Waals surface area contributed by atoms with Crippen molar-refractivity contribution in [3.05, 3.63) is 29.8 Å². The first-order chi connectivity index (χ1) is 8.83. The molecule has 0 fully saturated rings. The van der Waals surface area contributed by atoms with Gasteiger partial charge in [-0.15, -0.1) is 13.2 Å². The molecule has 1 N–H and O–H groups in total. The molecule has 0 saturated heterocycles. The first-order valence-electron chi connectivity index (χ1n) is 5.95. The van der Waals surface area contributed by atoms with Crippen LogP contribution in [0.15, 0.2) is 24.3 Å². The minimum Gasteiger partial charge on any atom is -0.405 e. The zero-order valence-corrected chi connectivity index (χ0v) is 10.8. The molecule has 0 aliphatic carbocycles. The molecule has 1 aromatic rings. The van der Waals surface area contributed by atoms with Crippen molar-refractivity contribution in [1.82, 2.24) is 5.32 Å². The standard InChI is InChI=1S/C13H16F3NO2/c1-3-17-9(2)8-11(18)10-6-4-5-7-12(10)19-13(14,15)16/h4-7,9,17H,3,8H2,1-2H3. The highest BCUT2D eigenvalue weighted by Crippen LogP contribution is 2.27. The third kappa shape index (κ3) is 5.30. The maximum Gasteiger partial charge on any atom is 0.573 e. The van der Waals surface area contributed by atoms with Gasteiger partial charge in [-0.1, -0.05) is 19.1 Å². The van der Waals surface area contributed by atoms with Gasteiger partial charge in [0, 0.05) is 12.5 Å². The third-order valence-electron chi connectivity index (χ3n) is 2.46. The fraction of sp³-hybridized carbons (Fsp3) is 0.462. The summed E-state index contributed by atoms with van der Waals surface area (Å²) in [6.07, 6.45) is -4.68. The monoisotopic (exact) mass is 275 g/mol. The molecule has 3 nitrogen and oxygen atoms in total. The molecule has 1 unspecified atom stereocenters. The number of nitrogens with one attached hydrogen (secondary N) is 1. The van der Waals surface area contributed by atoms with Crippen molar-refractivity contribution < 1.29 is 22.7 Å². The van der Waals surface area contributed by atoms with E-state index in [0.717, 1.165) is 6.07 Å². The number of carbonyl (C=O) groups excluding carboxylic acids is 1. The Morgan fingerprint density at radius 2 is 2.00 bits per heavy atom. The lowest BCUT2D eigenvalue weighted by Crippen LogP contribution is -2.28. The van der Waals surface area contributed by atoms with Gasteiger partial charge in [0.2, 0.25) is 0 Å². The minimum atomic E-state index is -4.80. The molecule has 0 aliphatic rings. The lowest BCUT2D eigenvalue weighted by atomic mass is 10.0. The summed E-state index contributed by atoms with van der Waals surface area (Å²) in [5.74, 6) is -0.836. The van der Waals surface area contributed by atoms with Crippen molar-refractivity contribution in [3.63, 3.8) is 0 Å². The van der Waals surface area contributed by atoms with Crippen LogP contribution in [0.3, 0.4) is 0 Å². The maximum absolute atomic E-state index is 12.2.